The Bertz CT molecular complexity index is 673. The van der Waals surface area contributed by atoms with Gasteiger partial charge < -0.3 is 19.8 Å². The lowest BCUT2D eigenvalue weighted by Gasteiger charge is -2.26. The molecule has 0 heterocycles. The van der Waals surface area contributed by atoms with Crippen LogP contribution < -0.4 is 5.32 Å². The summed E-state index contributed by atoms with van der Waals surface area (Å²) in [6, 6.07) is -0.748. The highest BCUT2D eigenvalue weighted by Crippen LogP contribution is 2.43. The number of aliphatic hydroxyl groups is 1. The zero-order valence-electron chi connectivity index (χ0n) is 28.3. The second-order valence-electron chi connectivity index (χ2n) is 13.3. The minimum Gasteiger partial charge on any atom is -0.391 e. The Kier molecular flexibility index (Phi) is 26.5. The van der Waals surface area contributed by atoms with E-state index < -0.39 is 20.0 Å². The van der Waals surface area contributed by atoms with Crippen molar-refractivity contribution < 1.29 is 32.9 Å². The van der Waals surface area contributed by atoms with Gasteiger partial charge in [0.1, 0.15) is 13.2 Å². The fourth-order valence-electron chi connectivity index (χ4n) is 5.03. The summed E-state index contributed by atoms with van der Waals surface area (Å²) in [4.78, 5) is 22.2. The number of rotatable bonds is 31. The molecule has 0 aromatic rings. The highest BCUT2D eigenvalue weighted by molar-refractivity contribution is 7.47. The first-order chi connectivity index (χ1) is 20.0. The number of unbranched alkanes of at least 4 members (excludes halogenated alkanes) is 18. The van der Waals surface area contributed by atoms with E-state index in [-0.39, 0.29) is 19.1 Å². The van der Waals surface area contributed by atoms with E-state index in [1.54, 1.807) is 0 Å². The number of phosphoric acid groups is 1. The Balaban J connectivity index is 3.97. The van der Waals surface area contributed by atoms with Crippen molar-refractivity contribution in [2.24, 2.45) is 0 Å². The number of nitrogens with one attached hydrogen (secondary N) is 1. The van der Waals surface area contributed by atoms with Gasteiger partial charge >= 0.3 is 7.82 Å². The van der Waals surface area contributed by atoms with Crippen LogP contribution in [0.15, 0.2) is 0 Å². The molecule has 0 spiro atoms. The van der Waals surface area contributed by atoms with E-state index in [0.29, 0.717) is 30.3 Å². The number of hydrogen-bond acceptors (Lipinski definition) is 5. The molecule has 0 rings (SSSR count). The number of amides is 1. The average molecular weight is 622 g/mol. The molecule has 0 aromatic heterocycles. The standard InChI is InChI=1S/C33H69N2O6P/c1-6-8-9-10-11-12-13-14-15-16-17-18-19-20-21-22-23-24-25-27-32(36)31(34-33(37)26-7-2)30-41-42(38,39)40-29-28-35(3,4)5/h31-32,36H,6-30H2,1-5H3,(H-,34,37,38,39)/p+1. The van der Waals surface area contributed by atoms with Crippen molar-refractivity contribution in [1.29, 1.82) is 0 Å². The molecule has 1 amide bonds. The summed E-state index contributed by atoms with van der Waals surface area (Å²) < 4.78 is 23.1. The Morgan fingerprint density at radius 1 is 0.714 bits per heavy atom. The van der Waals surface area contributed by atoms with Crippen LogP contribution in [0.5, 0.6) is 0 Å². The van der Waals surface area contributed by atoms with E-state index in [9.17, 15) is 19.4 Å². The third-order valence-electron chi connectivity index (χ3n) is 7.83. The lowest BCUT2D eigenvalue weighted by atomic mass is 10.0. The molecule has 0 aliphatic heterocycles. The van der Waals surface area contributed by atoms with Crippen molar-refractivity contribution in [3.63, 3.8) is 0 Å². The van der Waals surface area contributed by atoms with E-state index in [2.05, 4.69) is 12.2 Å². The molecule has 0 saturated heterocycles. The molecule has 8 nitrogen and oxygen atoms in total. The number of likely N-dealkylation sites (N-methyl/N-ethyl adjacent to an activating group) is 1. The number of quaternary nitrogens is 1. The zero-order chi connectivity index (χ0) is 31.5. The van der Waals surface area contributed by atoms with Gasteiger partial charge in [-0.05, 0) is 12.8 Å². The van der Waals surface area contributed by atoms with E-state index in [1.807, 2.05) is 28.1 Å². The SMILES string of the molecule is CCCCCCCCCCCCCCCCCCCCCC(O)C(COP(=O)(O)OCC[N+](C)(C)C)NC(=O)CCC. The number of carbonyl (C=O) groups excluding carboxylic acids is 1. The topological polar surface area (TPSA) is 105 Å². The number of hydrogen-bond donors (Lipinski definition) is 3. The Morgan fingerprint density at radius 3 is 1.55 bits per heavy atom. The van der Waals surface area contributed by atoms with Crippen molar-refractivity contribution in [3.05, 3.63) is 0 Å². The van der Waals surface area contributed by atoms with Crippen LogP contribution in [0, 0.1) is 0 Å². The van der Waals surface area contributed by atoms with Crippen LogP contribution in [0.25, 0.3) is 0 Å². The van der Waals surface area contributed by atoms with Gasteiger partial charge in [-0.2, -0.15) is 0 Å². The van der Waals surface area contributed by atoms with Gasteiger partial charge in [-0.15, -0.1) is 0 Å². The summed E-state index contributed by atoms with van der Waals surface area (Å²) in [5, 5.41) is 13.5. The van der Waals surface area contributed by atoms with Gasteiger partial charge in [0.25, 0.3) is 0 Å². The van der Waals surface area contributed by atoms with Crippen LogP contribution in [-0.2, 0) is 18.4 Å². The van der Waals surface area contributed by atoms with Gasteiger partial charge in [-0.1, -0.05) is 136 Å². The zero-order valence-corrected chi connectivity index (χ0v) is 29.1. The summed E-state index contributed by atoms with van der Waals surface area (Å²) in [5.41, 5.74) is 0. The third kappa shape index (κ3) is 28.3. The second-order valence-corrected chi connectivity index (χ2v) is 14.7. The van der Waals surface area contributed by atoms with E-state index in [4.69, 9.17) is 9.05 Å². The molecule has 0 radical (unpaired) electrons. The van der Waals surface area contributed by atoms with Crippen molar-refractivity contribution in [1.82, 2.24) is 5.32 Å². The molecule has 0 aliphatic carbocycles. The molecule has 3 N–H and O–H groups in total. The van der Waals surface area contributed by atoms with Crippen LogP contribution in [-0.4, -0.2) is 73.4 Å². The van der Waals surface area contributed by atoms with Gasteiger partial charge in [-0.25, -0.2) is 4.57 Å². The van der Waals surface area contributed by atoms with Crippen LogP contribution in [0.4, 0.5) is 0 Å². The fraction of sp³-hybridized carbons (Fsp3) is 0.970. The molecular formula is C33H70N2O6P+. The van der Waals surface area contributed by atoms with Gasteiger partial charge in [0, 0.05) is 6.42 Å². The van der Waals surface area contributed by atoms with E-state index >= 15 is 0 Å². The molecule has 3 atom stereocenters. The summed E-state index contributed by atoms with van der Waals surface area (Å²) in [6.07, 6.45) is 25.6. The summed E-state index contributed by atoms with van der Waals surface area (Å²) >= 11 is 0. The van der Waals surface area contributed by atoms with Crippen LogP contribution in [0.1, 0.15) is 155 Å². The van der Waals surface area contributed by atoms with E-state index in [1.165, 1.54) is 103 Å². The molecule has 0 fully saturated rings. The number of nitrogens with zero attached hydrogens (tertiary/aromatic N) is 1. The molecular weight excluding hydrogens is 551 g/mol. The molecule has 3 unspecified atom stereocenters. The van der Waals surface area contributed by atoms with Crippen molar-refractivity contribution in [3.8, 4) is 0 Å². The molecule has 0 aliphatic rings. The van der Waals surface area contributed by atoms with Crippen LogP contribution in [0.2, 0.25) is 0 Å². The first-order valence-corrected chi connectivity index (χ1v) is 18.9. The number of carbonyl (C=O) groups is 1. The predicted molar refractivity (Wildman–Crippen MR) is 175 cm³/mol. The first-order valence-electron chi connectivity index (χ1n) is 17.4. The maximum Gasteiger partial charge on any atom is 0.472 e. The molecule has 0 bridgehead atoms. The Hall–Kier alpha value is -0.500. The normalized spacial score (nSPS) is 14.9. The quantitative estimate of drug-likeness (QED) is 0.0409. The second kappa shape index (κ2) is 26.9. The van der Waals surface area contributed by atoms with Gasteiger partial charge in [0.05, 0.1) is 39.9 Å². The summed E-state index contributed by atoms with van der Waals surface area (Å²) in [5.74, 6) is -0.197. The minimum atomic E-state index is -4.27. The van der Waals surface area contributed by atoms with Gasteiger partial charge in [0.2, 0.25) is 5.91 Å². The number of aliphatic hydroxyl groups excluding tert-OH is 1. The maximum absolute atomic E-state index is 12.3. The van der Waals surface area contributed by atoms with Crippen LogP contribution in [0.3, 0.4) is 0 Å². The van der Waals surface area contributed by atoms with E-state index in [0.717, 1.165) is 19.3 Å². The molecule has 42 heavy (non-hydrogen) atoms. The van der Waals surface area contributed by atoms with Gasteiger partial charge in [-0.3, -0.25) is 13.8 Å². The van der Waals surface area contributed by atoms with Crippen molar-refractivity contribution in [2.75, 3.05) is 40.9 Å². The largest absolute Gasteiger partial charge is 0.472 e. The third-order valence-corrected chi connectivity index (χ3v) is 8.81. The fourth-order valence-corrected chi connectivity index (χ4v) is 5.77. The van der Waals surface area contributed by atoms with Crippen molar-refractivity contribution >= 4 is 13.7 Å². The molecule has 9 heteroatoms. The monoisotopic (exact) mass is 621 g/mol. The summed E-state index contributed by atoms with van der Waals surface area (Å²) in [6.45, 7) is 4.54. The smallest absolute Gasteiger partial charge is 0.391 e. The lowest BCUT2D eigenvalue weighted by molar-refractivity contribution is -0.870. The maximum atomic E-state index is 12.3. The Morgan fingerprint density at radius 2 is 1.14 bits per heavy atom. The molecule has 0 saturated carbocycles. The lowest BCUT2D eigenvalue weighted by Crippen LogP contribution is -2.46. The van der Waals surface area contributed by atoms with Crippen LogP contribution >= 0.6 is 7.82 Å². The molecule has 252 valence electrons. The predicted octanol–water partition coefficient (Wildman–Crippen LogP) is 8.29. The van der Waals surface area contributed by atoms with Crippen molar-refractivity contribution in [2.45, 2.75) is 167 Å². The average Bonchev–Trinajstić information content (AvgIpc) is 2.91. The number of phosphoric ester groups is 1. The van der Waals surface area contributed by atoms with Gasteiger partial charge in [0.15, 0.2) is 0 Å². The highest BCUT2D eigenvalue weighted by Gasteiger charge is 2.28. The Labute approximate surface area is 259 Å². The minimum absolute atomic E-state index is 0.0754. The molecule has 0 aromatic carbocycles. The first kappa shape index (κ1) is 41.5. The highest BCUT2D eigenvalue weighted by atomic mass is 31.2. The summed E-state index contributed by atoms with van der Waals surface area (Å²) in [7, 11) is 1.61.